The Morgan fingerprint density at radius 3 is 2.50 bits per heavy atom. The fourth-order valence-electron chi connectivity index (χ4n) is 4.06. The van der Waals surface area contributed by atoms with E-state index in [1.165, 1.54) is 14.0 Å². The van der Waals surface area contributed by atoms with Gasteiger partial charge in [-0.3, -0.25) is 4.79 Å². The molecule has 2 aromatic rings. The van der Waals surface area contributed by atoms with Crippen molar-refractivity contribution in [3.63, 3.8) is 0 Å². The molecule has 0 saturated heterocycles. The first-order valence-corrected chi connectivity index (χ1v) is 9.40. The van der Waals surface area contributed by atoms with E-state index in [9.17, 15) is 9.59 Å². The van der Waals surface area contributed by atoms with Crippen LogP contribution in [0, 0.1) is 0 Å². The minimum absolute atomic E-state index is 0.285. The molecule has 5 heteroatoms. The summed E-state index contributed by atoms with van der Waals surface area (Å²) in [6.07, 6.45) is 2.48. The minimum Gasteiger partial charge on any atom is -0.496 e. The number of fused-ring (bicyclic) bond motifs is 1. The van der Waals surface area contributed by atoms with Crippen molar-refractivity contribution in [2.24, 2.45) is 0 Å². The lowest BCUT2D eigenvalue weighted by Gasteiger charge is -2.35. The summed E-state index contributed by atoms with van der Waals surface area (Å²) < 4.78 is 16.1. The van der Waals surface area contributed by atoms with Crippen LogP contribution in [0.25, 0.3) is 0 Å². The smallest absolute Gasteiger partial charge is 0.338 e. The van der Waals surface area contributed by atoms with Crippen LogP contribution >= 0.6 is 0 Å². The average molecular weight is 382 g/mol. The Morgan fingerprint density at radius 2 is 1.82 bits per heavy atom. The van der Waals surface area contributed by atoms with Crippen molar-refractivity contribution in [2.45, 2.75) is 45.1 Å². The highest BCUT2D eigenvalue weighted by molar-refractivity contribution is 5.93. The maximum atomic E-state index is 12.7. The van der Waals surface area contributed by atoms with Crippen LogP contribution in [0.1, 0.15) is 52.9 Å². The van der Waals surface area contributed by atoms with Crippen molar-refractivity contribution in [2.75, 3.05) is 14.2 Å². The van der Waals surface area contributed by atoms with Crippen LogP contribution in [-0.2, 0) is 33.5 Å². The number of ether oxygens (including phenoxy) is 3. The van der Waals surface area contributed by atoms with Gasteiger partial charge >= 0.3 is 11.9 Å². The standard InChI is InChI=1S/C23H26O5/c1-15(24)28-23(2)12-11-19-18(14-23)10-9-17(21(19)22(25)27-4)13-16-7-5-6-8-20(16)26-3/h5-10H,11-14H2,1-4H3. The fourth-order valence-corrected chi connectivity index (χ4v) is 4.06. The van der Waals surface area contributed by atoms with E-state index in [0.29, 0.717) is 31.2 Å². The van der Waals surface area contributed by atoms with Gasteiger partial charge in [-0.2, -0.15) is 0 Å². The van der Waals surface area contributed by atoms with Gasteiger partial charge < -0.3 is 14.2 Å². The molecule has 2 aromatic carbocycles. The molecule has 1 aliphatic rings. The molecule has 0 saturated carbocycles. The topological polar surface area (TPSA) is 61.8 Å². The Kier molecular flexibility index (Phi) is 5.73. The Morgan fingerprint density at radius 1 is 1.07 bits per heavy atom. The molecule has 3 rings (SSSR count). The van der Waals surface area contributed by atoms with Crippen molar-refractivity contribution in [3.8, 4) is 5.75 Å². The van der Waals surface area contributed by atoms with Crippen LogP contribution < -0.4 is 4.74 Å². The van der Waals surface area contributed by atoms with Crippen molar-refractivity contribution in [3.05, 3.63) is 64.2 Å². The van der Waals surface area contributed by atoms with Crippen LogP contribution in [-0.4, -0.2) is 31.8 Å². The first kappa shape index (κ1) is 19.9. The zero-order valence-electron chi connectivity index (χ0n) is 16.8. The molecule has 148 valence electrons. The molecule has 0 fully saturated rings. The number of esters is 2. The summed E-state index contributed by atoms with van der Waals surface area (Å²) >= 11 is 0. The molecule has 0 bridgehead atoms. The predicted octanol–water partition coefficient (Wildman–Crippen LogP) is 3.88. The molecular formula is C23H26O5. The number of carbonyl (C=O) groups is 2. The summed E-state index contributed by atoms with van der Waals surface area (Å²) in [5.74, 6) is 0.170. The first-order chi connectivity index (χ1) is 13.4. The summed E-state index contributed by atoms with van der Waals surface area (Å²) in [6, 6.07) is 11.8. The number of benzene rings is 2. The van der Waals surface area contributed by atoms with Gasteiger partial charge in [-0.05, 0) is 48.1 Å². The second kappa shape index (κ2) is 8.05. The highest BCUT2D eigenvalue weighted by Crippen LogP contribution is 2.36. The molecular weight excluding hydrogens is 356 g/mol. The summed E-state index contributed by atoms with van der Waals surface area (Å²) in [4.78, 5) is 24.1. The lowest BCUT2D eigenvalue weighted by molar-refractivity contribution is -0.156. The van der Waals surface area contributed by atoms with Crippen molar-refractivity contribution >= 4 is 11.9 Å². The number of rotatable bonds is 5. The highest BCUT2D eigenvalue weighted by atomic mass is 16.6. The van der Waals surface area contributed by atoms with Crippen LogP contribution in [0.4, 0.5) is 0 Å². The average Bonchev–Trinajstić information content (AvgIpc) is 2.67. The van der Waals surface area contributed by atoms with E-state index in [1.54, 1.807) is 7.11 Å². The number of para-hydroxylation sites is 1. The Bertz CT molecular complexity index is 902. The second-order valence-electron chi connectivity index (χ2n) is 7.44. The van der Waals surface area contributed by atoms with Crippen LogP contribution in [0.5, 0.6) is 5.75 Å². The normalized spacial score (nSPS) is 18.1. The molecule has 0 aliphatic heterocycles. The second-order valence-corrected chi connectivity index (χ2v) is 7.44. The third kappa shape index (κ3) is 4.03. The van der Waals surface area contributed by atoms with E-state index in [4.69, 9.17) is 14.2 Å². The molecule has 28 heavy (non-hydrogen) atoms. The minimum atomic E-state index is -0.545. The van der Waals surface area contributed by atoms with Gasteiger partial charge in [0.25, 0.3) is 0 Å². The Labute approximate surface area is 165 Å². The van der Waals surface area contributed by atoms with Crippen LogP contribution in [0.3, 0.4) is 0 Å². The highest BCUT2D eigenvalue weighted by Gasteiger charge is 2.35. The lowest BCUT2D eigenvalue weighted by Crippen LogP contribution is -2.38. The van der Waals surface area contributed by atoms with E-state index < -0.39 is 5.60 Å². The molecule has 5 nitrogen and oxygen atoms in total. The summed E-state index contributed by atoms with van der Waals surface area (Å²) in [6.45, 7) is 3.37. The molecule has 1 unspecified atom stereocenters. The van der Waals surface area contributed by atoms with Gasteiger partial charge in [-0.1, -0.05) is 30.3 Å². The fraction of sp³-hybridized carbons (Fsp3) is 0.391. The zero-order chi connectivity index (χ0) is 20.3. The molecule has 1 aliphatic carbocycles. The van der Waals surface area contributed by atoms with Crippen LogP contribution in [0.2, 0.25) is 0 Å². The molecule has 0 amide bonds. The molecule has 1 atom stereocenters. The van der Waals surface area contributed by atoms with E-state index in [2.05, 4.69) is 0 Å². The van der Waals surface area contributed by atoms with Crippen LogP contribution in [0.15, 0.2) is 36.4 Å². The van der Waals surface area contributed by atoms with E-state index in [-0.39, 0.29) is 11.9 Å². The summed E-state index contributed by atoms with van der Waals surface area (Å²) in [7, 11) is 3.04. The third-order valence-electron chi connectivity index (χ3n) is 5.32. The van der Waals surface area contributed by atoms with Crippen molar-refractivity contribution < 1.29 is 23.8 Å². The molecule has 0 aromatic heterocycles. The Balaban J connectivity index is 2.02. The number of hydrogen-bond acceptors (Lipinski definition) is 5. The van der Waals surface area contributed by atoms with Crippen molar-refractivity contribution in [1.29, 1.82) is 0 Å². The summed E-state index contributed by atoms with van der Waals surface area (Å²) in [5, 5.41) is 0. The number of methoxy groups -OCH3 is 2. The number of carbonyl (C=O) groups excluding carboxylic acids is 2. The molecule has 0 heterocycles. The number of hydrogen-bond donors (Lipinski definition) is 0. The monoisotopic (exact) mass is 382 g/mol. The molecule has 0 N–H and O–H groups in total. The Hall–Kier alpha value is -2.82. The van der Waals surface area contributed by atoms with Gasteiger partial charge in [0, 0.05) is 19.8 Å². The summed E-state index contributed by atoms with van der Waals surface area (Å²) in [5.41, 5.74) is 4.01. The quantitative estimate of drug-likeness (QED) is 0.735. The third-order valence-corrected chi connectivity index (χ3v) is 5.32. The lowest BCUT2D eigenvalue weighted by atomic mass is 9.78. The maximum absolute atomic E-state index is 12.7. The van der Waals surface area contributed by atoms with Gasteiger partial charge in [-0.15, -0.1) is 0 Å². The maximum Gasteiger partial charge on any atom is 0.338 e. The van der Waals surface area contributed by atoms with Gasteiger partial charge in [0.15, 0.2) is 0 Å². The first-order valence-electron chi connectivity index (χ1n) is 9.40. The van der Waals surface area contributed by atoms with E-state index >= 15 is 0 Å². The van der Waals surface area contributed by atoms with E-state index in [1.807, 2.05) is 43.3 Å². The van der Waals surface area contributed by atoms with Crippen molar-refractivity contribution in [1.82, 2.24) is 0 Å². The van der Waals surface area contributed by atoms with Gasteiger partial charge in [0.1, 0.15) is 11.4 Å². The SMILES string of the molecule is COC(=O)c1c(Cc2ccccc2OC)ccc2c1CCC(C)(OC(C)=O)C2. The largest absolute Gasteiger partial charge is 0.496 e. The van der Waals surface area contributed by atoms with Gasteiger partial charge in [0.2, 0.25) is 0 Å². The zero-order valence-corrected chi connectivity index (χ0v) is 16.8. The van der Waals surface area contributed by atoms with Gasteiger partial charge in [-0.25, -0.2) is 4.79 Å². The molecule has 0 spiro atoms. The van der Waals surface area contributed by atoms with Gasteiger partial charge in [0.05, 0.1) is 19.8 Å². The van der Waals surface area contributed by atoms with E-state index in [0.717, 1.165) is 28.0 Å². The predicted molar refractivity (Wildman–Crippen MR) is 106 cm³/mol. The molecule has 0 radical (unpaired) electrons.